The molecule has 13 nitrogen and oxygen atoms in total. The minimum Gasteiger partial charge on any atom is -0.311 e. The first-order valence-corrected chi connectivity index (χ1v) is 36.4. The lowest BCUT2D eigenvalue weighted by atomic mass is 9.33. The monoisotopic (exact) mass is 1400 g/mol. The van der Waals surface area contributed by atoms with Crippen LogP contribution in [0.1, 0.15) is 11.1 Å². The van der Waals surface area contributed by atoms with Crippen molar-refractivity contribution in [3.63, 3.8) is 0 Å². The van der Waals surface area contributed by atoms with E-state index in [1.54, 1.807) is 0 Å². The average molecular weight is 1400 g/mol. The number of hydrogen-bond donors (Lipinski definition) is 0. The molecule has 18 aromatic rings. The summed E-state index contributed by atoms with van der Waals surface area (Å²) in [5.41, 5.74) is 23.3. The molecule has 0 bridgehead atoms. The smallest absolute Gasteiger partial charge is 0.252 e. The van der Waals surface area contributed by atoms with Crippen LogP contribution in [0.3, 0.4) is 0 Å². The molecule has 0 N–H and O–H groups in total. The number of fused-ring (bicyclic) bond motifs is 7. The minimum atomic E-state index is -0.270. The zero-order valence-corrected chi connectivity index (χ0v) is 58.9. The molecule has 510 valence electrons. The van der Waals surface area contributed by atoms with Gasteiger partial charge in [-0.3, -0.25) is 0 Å². The van der Waals surface area contributed by atoms with E-state index in [2.05, 4.69) is 184 Å². The van der Waals surface area contributed by atoms with Crippen LogP contribution in [0.25, 0.3) is 141 Å². The van der Waals surface area contributed by atoms with Crippen LogP contribution in [-0.4, -0.2) is 51.2 Å². The van der Waals surface area contributed by atoms with Gasteiger partial charge in [-0.25, -0.2) is 39.9 Å². The molecule has 0 spiro atoms. The van der Waals surface area contributed by atoms with E-state index in [-0.39, 0.29) is 6.71 Å². The molecule has 0 unspecified atom stereocenters. The second-order valence-electron chi connectivity index (χ2n) is 27.3. The molecular formula is C96H58BN13. The van der Waals surface area contributed by atoms with Crippen molar-refractivity contribution in [3.05, 3.63) is 363 Å². The number of para-hydroxylation sites is 2. The van der Waals surface area contributed by atoms with Gasteiger partial charge in [0, 0.05) is 95.0 Å². The molecule has 2 aliphatic rings. The molecule has 0 radical (unpaired) electrons. The minimum absolute atomic E-state index is 0.270. The Morgan fingerprint density at radius 2 is 0.627 bits per heavy atom. The number of benzene rings is 14. The third-order valence-electron chi connectivity index (χ3n) is 20.7. The summed E-state index contributed by atoms with van der Waals surface area (Å²) >= 11 is 0. The van der Waals surface area contributed by atoms with Gasteiger partial charge >= 0.3 is 0 Å². The van der Waals surface area contributed by atoms with Gasteiger partial charge < -0.3 is 14.4 Å². The zero-order chi connectivity index (χ0) is 73.2. The highest BCUT2D eigenvalue weighted by Crippen LogP contribution is 2.48. The Morgan fingerprint density at radius 1 is 0.245 bits per heavy atom. The zero-order valence-electron chi connectivity index (χ0n) is 58.9. The van der Waals surface area contributed by atoms with Crippen LogP contribution in [0, 0.1) is 22.7 Å². The van der Waals surface area contributed by atoms with Crippen molar-refractivity contribution < 1.29 is 0 Å². The number of anilines is 6. The van der Waals surface area contributed by atoms with Crippen LogP contribution in [0.4, 0.5) is 34.1 Å². The van der Waals surface area contributed by atoms with E-state index in [4.69, 9.17) is 39.9 Å². The van der Waals surface area contributed by atoms with E-state index >= 15 is 0 Å². The quantitative estimate of drug-likeness (QED) is 0.101. The second kappa shape index (κ2) is 27.0. The van der Waals surface area contributed by atoms with E-state index < -0.39 is 0 Å². The van der Waals surface area contributed by atoms with Gasteiger partial charge in [-0.15, -0.1) is 0 Å². The number of hydrogen-bond acceptors (Lipinski definition) is 12. The van der Waals surface area contributed by atoms with Crippen LogP contribution >= 0.6 is 0 Å². The van der Waals surface area contributed by atoms with Crippen LogP contribution in [-0.2, 0) is 0 Å². The molecule has 0 saturated carbocycles. The number of rotatable bonds is 13. The standard InChI is InChI=1S/C96H58BN13/c98-59-61-41-47-78-85(51-61)108(73-37-21-7-22-38-73)87-56-72(57-88-89(87)97(78)79-48-42-62(60-99)52-86(79)109(88)74-39-23-8-24-40-74)69-44-49-82-76(53-69)75-46-43-71(95-104-90(65-29-13-3-14-30-65)102-91(105-95)66-31-15-4-16-32-66)55-84(75)110(82)83-50-45-70(94-100-80(63-25-9-1-10-26-63)58-81(101-94)64-27-11-2-12-28-64)54-77(83)96-106-92(67-33-17-5-18-34-67)103-93(107-96)68-35-19-6-20-36-68/h1-58H. The summed E-state index contributed by atoms with van der Waals surface area (Å²) in [7, 11) is 0. The number of nitrogens with zero attached hydrogens (tertiary/aromatic N) is 13. The molecule has 6 heterocycles. The van der Waals surface area contributed by atoms with Crippen LogP contribution in [0.2, 0.25) is 0 Å². The fourth-order valence-electron chi connectivity index (χ4n) is 15.6. The number of nitriles is 2. The predicted molar refractivity (Wildman–Crippen MR) is 441 cm³/mol. The molecule has 20 rings (SSSR count). The van der Waals surface area contributed by atoms with Gasteiger partial charge in [0.05, 0.1) is 51.4 Å². The fraction of sp³-hybridized carbons (Fsp3) is 0. The van der Waals surface area contributed by atoms with E-state index in [9.17, 15) is 10.5 Å². The Kier molecular flexibility index (Phi) is 15.7. The van der Waals surface area contributed by atoms with Crippen LogP contribution in [0.5, 0.6) is 0 Å². The van der Waals surface area contributed by atoms with Gasteiger partial charge in [-0.1, -0.05) is 249 Å². The van der Waals surface area contributed by atoms with Crippen molar-refractivity contribution >= 4 is 79.0 Å². The lowest BCUT2D eigenvalue weighted by molar-refractivity contribution is 1.06. The molecule has 4 aromatic heterocycles. The highest BCUT2D eigenvalue weighted by Gasteiger charge is 2.44. The molecule has 2 aliphatic heterocycles. The first-order chi connectivity index (χ1) is 54.4. The summed E-state index contributed by atoms with van der Waals surface area (Å²) in [6.07, 6.45) is 0. The maximum absolute atomic E-state index is 10.7. The van der Waals surface area contributed by atoms with Gasteiger partial charge in [0.2, 0.25) is 0 Å². The van der Waals surface area contributed by atoms with Crippen molar-refractivity contribution in [1.82, 2.24) is 44.4 Å². The first kappa shape index (κ1) is 64.2. The van der Waals surface area contributed by atoms with Crippen molar-refractivity contribution in [2.75, 3.05) is 9.80 Å². The van der Waals surface area contributed by atoms with Gasteiger partial charge in [0.15, 0.2) is 40.8 Å². The predicted octanol–water partition coefficient (Wildman–Crippen LogP) is 20.4. The third kappa shape index (κ3) is 11.4. The normalized spacial score (nSPS) is 11.9. The van der Waals surface area contributed by atoms with Gasteiger partial charge in [0.25, 0.3) is 6.71 Å². The largest absolute Gasteiger partial charge is 0.311 e. The molecule has 14 aromatic carbocycles. The maximum atomic E-state index is 10.7. The molecule has 0 aliphatic carbocycles. The summed E-state index contributed by atoms with van der Waals surface area (Å²) in [5, 5.41) is 23.2. The van der Waals surface area contributed by atoms with E-state index in [0.717, 1.165) is 145 Å². The Morgan fingerprint density at radius 3 is 1.07 bits per heavy atom. The van der Waals surface area contributed by atoms with Crippen molar-refractivity contribution in [2.45, 2.75) is 0 Å². The fourth-order valence-corrected chi connectivity index (χ4v) is 15.6. The SMILES string of the molecule is N#Cc1ccc2c(c1)N(c1ccccc1)c1cc(-c3ccc4c(c3)c3ccc(-c5nc(-c6ccccc6)nc(-c6ccccc6)n5)cc3n4-c3ccc(-c4nc(-c5ccccc5)cc(-c5ccccc5)n4)cc3-c3nc(-c4ccccc4)nc(-c4ccccc4)n3)cc3c1B2c1ccc(C#N)cc1N3c1ccccc1. The molecular weight excluding hydrogens is 1350 g/mol. The van der Waals surface area contributed by atoms with E-state index in [1.165, 1.54) is 0 Å². The molecule has 110 heavy (non-hydrogen) atoms. The Labute approximate surface area is 634 Å². The van der Waals surface area contributed by atoms with Gasteiger partial charge in [-0.05, 0) is 131 Å². The number of aromatic nitrogens is 9. The lowest BCUT2D eigenvalue weighted by Crippen LogP contribution is -2.61. The summed E-state index contributed by atoms with van der Waals surface area (Å²) in [4.78, 5) is 47.4. The van der Waals surface area contributed by atoms with Crippen LogP contribution in [0.15, 0.2) is 352 Å². The van der Waals surface area contributed by atoms with Gasteiger partial charge in [0.1, 0.15) is 0 Å². The lowest BCUT2D eigenvalue weighted by Gasteiger charge is -2.44. The van der Waals surface area contributed by atoms with E-state index in [0.29, 0.717) is 57.5 Å². The highest BCUT2D eigenvalue weighted by atomic mass is 15.2. The molecule has 0 saturated heterocycles. The Balaban J connectivity index is 0.873. The van der Waals surface area contributed by atoms with Gasteiger partial charge in [-0.2, -0.15) is 10.5 Å². The average Bonchev–Trinajstić information content (AvgIpc) is 0.943. The Bertz CT molecular complexity index is 6430. The van der Waals surface area contributed by atoms with Crippen molar-refractivity contribution in [2.24, 2.45) is 0 Å². The van der Waals surface area contributed by atoms with E-state index in [1.807, 2.05) is 194 Å². The summed E-state index contributed by atoms with van der Waals surface area (Å²) in [5.74, 6) is 3.52. The van der Waals surface area contributed by atoms with Crippen LogP contribution < -0.4 is 26.2 Å². The second-order valence-corrected chi connectivity index (χ2v) is 27.3. The Hall–Kier alpha value is -15.4. The summed E-state index contributed by atoms with van der Waals surface area (Å²) in [6.45, 7) is -0.270. The van der Waals surface area contributed by atoms with Crippen molar-refractivity contribution in [1.29, 1.82) is 10.5 Å². The highest BCUT2D eigenvalue weighted by molar-refractivity contribution is 7.00. The molecule has 0 atom stereocenters. The third-order valence-corrected chi connectivity index (χ3v) is 20.7. The molecule has 0 amide bonds. The maximum Gasteiger partial charge on any atom is 0.252 e. The summed E-state index contributed by atoms with van der Waals surface area (Å²) < 4.78 is 2.32. The molecule has 0 fully saturated rings. The summed E-state index contributed by atoms with van der Waals surface area (Å²) in [6, 6.07) is 125. The van der Waals surface area contributed by atoms with Crippen molar-refractivity contribution in [3.8, 4) is 131 Å². The topological polar surface area (TPSA) is 162 Å². The molecule has 14 heteroatoms. The first-order valence-electron chi connectivity index (χ1n) is 36.4.